The lowest BCUT2D eigenvalue weighted by Crippen LogP contribution is -2.23. The van der Waals surface area contributed by atoms with E-state index in [1.54, 1.807) is 17.6 Å². The minimum Gasteiger partial charge on any atom is -0.477 e. The fourth-order valence-corrected chi connectivity index (χ4v) is 3.57. The summed E-state index contributed by atoms with van der Waals surface area (Å²) < 4.78 is 27.7. The van der Waals surface area contributed by atoms with Gasteiger partial charge in [0.2, 0.25) is 0 Å². The summed E-state index contributed by atoms with van der Waals surface area (Å²) in [4.78, 5) is 28.6. The van der Waals surface area contributed by atoms with Gasteiger partial charge in [-0.2, -0.15) is 0 Å². The van der Waals surface area contributed by atoms with E-state index in [4.69, 9.17) is 23.2 Å². The average molecular weight is 453 g/mol. The summed E-state index contributed by atoms with van der Waals surface area (Å²) in [6, 6.07) is 8.24. The SMILES string of the molecule is CCn1c(Cc2cc(C(F)F)ccn2)cc(=O)c(C(=O)O)c1-c1ccc(Cl)c(Cl)c1. The number of carboxylic acid groups (broad SMARTS) is 1. The van der Waals surface area contributed by atoms with Crippen molar-refractivity contribution in [2.24, 2.45) is 0 Å². The number of hydrogen-bond donors (Lipinski definition) is 1. The number of benzene rings is 1. The number of carbonyl (C=O) groups is 1. The highest BCUT2D eigenvalue weighted by Crippen LogP contribution is 2.31. The largest absolute Gasteiger partial charge is 0.477 e. The standard InChI is InChI=1S/C21H16Cl2F2N2O3/c1-2-27-14(9-13-7-12(20(24)25)5-6-26-13)10-17(28)18(21(29)30)19(27)11-3-4-15(22)16(23)8-11/h3-8,10,20H,2,9H2,1H3,(H,29,30). The molecule has 0 amide bonds. The summed E-state index contributed by atoms with van der Waals surface area (Å²) in [5, 5.41) is 10.2. The van der Waals surface area contributed by atoms with Crippen molar-refractivity contribution < 1.29 is 18.7 Å². The van der Waals surface area contributed by atoms with Crippen LogP contribution < -0.4 is 5.43 Å². The fraction of sp³-hybridized carbons (Fsp3) is 0.190. The smallest absolute Gasteiger partial charge is 0.341 e. The van der Waals surface area contributed by atoms with E-state index in [1.165, 1.54) is 36.5 Å². The van der Waals surface area contributed by atoms with Crippen LogP contribution in [0.4, 0.5) is 8.78 Å². The number of rotatable bonds is 6. The van der Waals surface area contributed by atoms with Crippen LogP contribution in [0.5, 0.6) is 0 Å². The van der Waals surface area contributed by atoms with Crippen LogP contribution in [0.25, 0.3) is 11.3 Å². The zero-order valence-corrected chi connectivity index (χ0v) is 17.2. The Kier molecular flexibility index (Phi) is 6.53. The van der Waals surface area contributed by atoms with E-state index in [0.717, 1.165) is 0 Å². The van der Waals surface area contributed by atoms with Crippen LogP contribution in [0.2, 0.25) is 10.0 Å². The maximum atomic E-state index is 13.0. The highest BCUT2D eigenvalue weighted by atomic mass is 35.5. The molecule has 0 aliphatic heterocycles. The third kappa shape index (κ3) is 4.37. The van der Waals surface area contributed by atoms with Crippen molar-refractivity contribution in [3.8, 4) is 11.3 Å². The van der Waals surface area contributed by atoms with Crippen molar-refractivity contribution >= 4 is 29.2 Å². The highest BCUT2D eigenvalue weighted by molar-refractivity contribution is 6.42. The first-order valence-electron chi connectivity index (χ1n) is 8.91. The van der Waals surface area contributed by atoms with Gasteiger partial charge in [0.1, 0.15) is 5.56 Å². The van der Waals surface area contributed by atoms with Crippen LogP contribution in [0.1, 0.15) is 40.7 Å². The van der Waals surface area contributed by atoms with E-state index in [1.807, 2.05) is 0 Å². The lowest BCUT2D eigenvalue weighted by atomic mass is 10.0. The van der Waals surface area contributed by atoms with Gasteiger partial charge in [-0.1, -0.05) is 29.3 Å². The summed E-state index contributed by atoms with van der Waals surface area (Å²) >= 11 is 12.1. The minimum absolute atomic E-state index is 0.0673. The number of carboxylic acids is 1. The van der Waals surface area contributed by atoms with Gasteiger partial charge in [0, 0.05) is 47.7 Å². The summed E-state index contributed by atoms with van der Waals surface area (Å²) in [5.41, 5.74) is 0.0387. The molecule has 3 aromatic rings. The van der Waals surface area contributed by atoms with E-state index < -0.39 is 23.4 Å². The van der Waals surface area contributed by atoms with E-state index in [-0.39, 0.29) is 27.7 Å². The summed E-state index contributed by atoms with van der Waals surface area (Å²) in [6.07, 6.45) is -1.31. The molecule has 0 aliphatic carbocycles. The second-order valence-corrected chi connectivity index (χ2v) is 7.27. The third-order valence-corrected chi connectivity index (χ3v) is 5.31. The Hall–Kier alpha value is -2.77. The van der Waals surface area contributed by atoms with Crippen molar-refractivity contribution in [1.29, 1.82) is 0 Å². The molecule has 0 atom stereocenters. The van der Waals surface area contributed by atoms with Gasteiger partial charge in [-0.15, -0.1) is 0 Å². The molecule has 30 heavy (non-hydrogen) atoms. The molecule has 2 heterocycles. The van der Waals surface area contributed by atoms with E-state index >= 15 is 0 Å². The molecule has 156 valence electrons. The second-order valence-electron chi connectivity index (χ2n) is 6.46. The van der Waals surface area contributed by atoms with Crippen molar-refractivity contribution in [3.05, 3.63) is 85.4 Å². The maximum absolute atomic E-state index is 13.0. The average Bonchev–Trinajstić information content (AvgIpc) is 2.69. The molecule has 0 unspecified atom stereocenters. The molecule has 0 saturated carbocycles. The van der Waals surface area contributed by atoms with Gasteiger partial charge < -0.3 is 9.67 Å². The number of halogens is 4. The maximum Gasteiger partial charge on any atom is 0.341 e. The second kappa shape index (κ2) is 8.93. The molecular formula is C21H16Cl2F2N2O3. The van der Waals surface area contributed by atoms with Crippen molar-refractivity contribution in [2.45, 2.75) is 26.3 Å². The van der Waals surface area contributed by atoms with Crippen molar-refractivity contribution in [1.82, 2.24) is 9.55 Å². The van der Waals surface area contributed by atoms with Crippen LogP contribution in [-0.4, -0.2) is 20.6 Å². The predicted octanol–water partition coefficient (Wildman–Crippen LogP) is 5.46. The number of aromatic carboxylic acids is 1. The first-order chi connectivity index (χ1) is 14.2. The zero-order chi connectivity index (χ0) is 22.0. The first-order valence-corrected chi connectivity index (χ1v) is 9.67. The van der Waals surface area contributed by atoms with E-state index in [0.29, 0.717) is 23.5 Å². The number of aromatic nitrogens is 2. The van der Waals surface area contributed by atoms with Crippen LogP contribution in [-0.2, 0) is 13.0 Å². The number of alkyl halides is 2. The lowest BCUT2D eigenvalue weighted by molar-refractivity contribution is 0.0695. The van der Waals surface area contributed by atoms with Gasteiger partial charge in [-0.05, 0) is 31.2 Å². The molecular weight excluding hydrogens is 437 g/mol. The monoisotopic (exact) mass is 452 g/mol. The van der Waals surface area contributed by atoms with Gasteiger partial charge in [0.25, 0.3) is 6.43 Å². The van der Waals surface area contributed by atoms with Crippen LogP contribution >= 0.6 is 23.2 Å². The molecule has 1 N–H and O–H groups in total. The van der Waals surface area contributed by atoms with Crippen LogP contribution in [0.3, 0.4) is 0 Å². The predicted molar refractivity (Wildman–Crippen MR) is 111 cm³/mol. The molecule has 0 spiro atoms. The topological polar surface area (TPSA) is 72.2 Å². The Bertz CT molecular complexity index is 1180. The van der Waals surface area contributed by atoms with Gasteiger partial charge in [-0.3, -0.25) is 9.78 Å². The van der Waals surface area contributed by atoms with Crippen molar-refractivity contribution in [3.63, 3.8) is 0 Å². The lowest BCUT2D eigenvalue weighted by Gasteiger charge is -2.20. The Morgan fingerprint density at radius 3 is 2.50 bits per heavy atom. The van der Waals surface area contributed by atoms with Gasteiger partial charge >= 0.3 is 5.97 Å². The minimum atomic E-state index is -2.65. The Balaban J connectivity index is 2.24. The van der Waals surface area contributed by atoms with E-state index in [2.05, 4.69) is 4.98 Å². The number of hydrogen-bond acceptors (Lipinski definition) is 3. The molecule has 0 radical (unpaired) electrons. The van der Waals surface area contributed by atoms with Gasteiger partial charge in [-0.25, -0.2) is 13.6 Å². The summed E-state index contributed by atoms with van der Waals surface area (Å²) in [5.74, 6) is -1.38. The molecule has 1 aromatic carbocycles. The normalized spacial score (nSPS) is 11.1. The van der Waals surface area contributed by atoms with E-state index in [9.17, 15) is 23.5 Å². The Morgan fingerprint density at radius 1 is 1.17 bits per heavy atom. The Labute approximate surface area is 180 Å². The highest BCUT2D eigenvalue weighted by Gasteiger charge is 2.22. The molecule has 9 heteroatoms. The molecule has 0 fully saturated rings. The van der Waals surface area contributed by atoms with Gasteiger partial charge in [0.15, 0.2) is 5.43 Å². The van der Waals surface area contributed by atoms with Crippen molar-refractivity contribution in [2.75, 3.05) is 0 Å². The first kappa shape index (κ1) is 21.9. The molecule has 0 bridgehead atoms. The fourth-order valence-electron chi connectivity index (χ4n) is 3.27. The van der Waals surface area contributed by atoms with Crippen LogP contribution in [0.15, 0.2) is 47.4 Å². The number of nitrogens with zero attached hydrogens (tertiary/aromatic N) is 2. The summed E-state index contributed by atoms with van der Waals surface area (Å²) in [6.45, 7) is 2.10. The Morgan fingerprint density at radius 2 is 1.90 bits per heavy atom. The molecule has 5 nitrogen and oxygen atoms in total. The third-order valence-electron chi connectivity index (χ3n) is 4.58. The molecule has 0 aliphatic rings. The molecule has 3 rings (SSSR count). The zero-order valence-electron chi connectivity index (χ0n) is 15.7. The molecule has 2 aromatic heterocycles. The van der Waals surface area contributed by atoms with Gasteiger partial charge in [0.05, 0.1) is 15.7 Å². The molecule has 0 saturated heterocycles. The van der Waals surface area contributed by atoms with Crippen LogP contribution in [0, 0.1) is 0 Å². The summed E-state index contributed by atoms with van der Waals surface area (Å²) in [7, 11) is 0. The number of pyridine rings is 2. The quantitative estimate of drug-likeness (QED) is 0.538.